The maximum Gasteiger partial charge on any atom is 0.253 e. The zero-order valence-electron chi connectivity index (χ0n) is 14.5. The van der Waals surface area contributed by atoms with Gasteiger partial charge in [-0.1, -0.05) is 41.4 Å². The van der Waals surface area contributed by atoms with Gasteiger partial charge in [-0.05, 0) is 43.7 Å². The first-order valence-electron chi connectivity index (χ1n) is 8.10. The van der Waals surface area contributed by atoms with Crippen molar-refractivity contribution in [3.63, 3.8) is 0 Å². The highest BCUT2D eigenvalue weighted by Crippen LogP contribution is 2.25. The van der Waals surface area contributed by atoms with Crippen LogP contribution < -0.4 is 15.4 Å². The Balaban J connectivity index is 1.78. The van der Waals surface area contributed by atoms with Gasteiger partial charge in [0.15, 0.2) is 0 Å². The number of nitrogens with one attached hydrogen (secondary N) is 2. The van der Waals surface area contributed by atoms with Crippen LogP contribution in [0, 0.1) is 6.92 Å². The molecule has 0 bridgehead atoms. The van der Waals surface area contributed by atoms with Gasteiger partial charge in [-0.25, -0.2) is 0 Å². The number of carbonyl (C=O) groups is 2. The predicted molar refractivity (Wildman–Crippen MR) is 103 cm³/mol. The van der Waals surface area contributed by atoms with Gasteiger partial charge in [0.2, 0.25) is 5.91 Å². The summed E-state index contributed by atoms with van der Waals surface area (Å²) in [5.41, 5.74) is 1.32. The molecule has 26 heavy (non-hydrogen) atoms. The summed E-state index contributed by atoms with van der Waals surface area (Å²) >= 11 is 11.9. The van der Waals surface area contributed by atoms with Gasteiger partial charge in [0, 0.05) is 0 Å². The van der Waals surface area contributed by atoms with Crippen LogP contribution >= 0.6 is 23.2 Å². The second kappa shape index (κ2) is 9.46. The van der Waals surface area contributed by atoms with E-state index in [0.717, 1.165) is 11.3 Å². The quantitative estimate of drug-likeness (QED) is 0.704. The Morgan fingerprint density at radius 1 is 1.15 bits per heavy atom. The summed E-state index contributed by atoms with van der Waals surface area (Å²) in [5.74, 6) is -0.0308. The summed E-state index contributed by atoms with van der Waals surface area (Å²) in [5, 5.41) is 5.75. The highest BCUT2D eigenvalue weighted by molar-refractivity contribution is 6.43. The van der Waals surface area contributed by atoms with Gasteiger partial charge in [0.1, 0.15) is 18.4 Å². The van der Waals surface area contributed by atoms with Crippen LogP contribution in [0.1, 0.15) is 22.8 Å². The van der Waals surface area contributed by atoms with Crippen LogP contribution in [-0.4, -0.2) is 31.0 Å². The topological polar surface area (TPSA) is 67.4 Å². The lowest BCUT2D eigenvalue weighted by atomic mass is 10.2. The average Bonchev–Trinajstić information content (AvgIpc) is 2.60. The smallest absolute Gasteiger partial charge is 0.253 e. The standard InChI is InChI=1S/C19H20Cl2N2O3/c1-12-5-3-6-14(11-12)26-10-9-22-18(24)13(2)23-19(25)15-7-4-8-16(20)17(15)21/h3-8,11,13H,9-10H2,1-2H3,(H,22,24)(H,23,25). The van der Waals surface area contributed by atoms with Crippen molar-refractivity contribution in [3.8, 4) is 5.75 Å². The van der Waals surface area contributed by atoms with Crippen LogP contribution in [0.5, 0.6) is 5.75 Å². The third kappa shape index (κ3) is 5.64. The summed E-state index contributed by atoms with van der Waals surface area (Å²) in [4.78, 5) is 24.3. The summed E-state index contributed by atoms with van der Waals surface area (Å²) in [6, 6.07) is 11.7. The second-order valence-corrected chi connectivity index (χ2v) is 6.54. The van der Waals surface area contributed by atoms with E-state index in [1.807, 2.05) is 31.2 Å². The Labute approximate surface area is 162 Å². The molecule has 1 unspecified atom stereocenters. The second-order valence-electron chi connectivity index (χ2n) is 5.75. The molecule has 0 aromatic heterocycles. The molecule has 0 aliphatic rings. The molecule has 0 spiro atoms. The highest BCUT2D eigenvalue weighted by Gasteiger charge is 2.18. The van der Waals surface area contributed by atoms with Crippen molar-refractivity contribution in [2.45, 2.75) is 19.9 Å². The van der Waals surface area contributed by atoms with Crippen LogP contribution in [0.4, 0.5) is 0 Å². The van der Waals surface area contributed by atoms with Crippen LogP contribution in [0.25, 0.3) is 0 Å². The van der Waals surface area contributed by atoms with Crippen molar-refractivity contribution < 1.29 is 14.3 Å². The molecular weight excluding hydrogens is 375 g/mol. The first kappa shape index (κ1) is 20.1. The number of halogens is 2. The number of carbonyl (C=O) groups excluding carboxylic acids is 2. The van der Waals surface area contributed by atoms with Gasteiger partial charge < -0.3 is 15.4 Å². The fourth-order valence-electron chi connectivity index (χ4n) is 2.22. The Bertz CT molecular complexity index is 796. The van der Waals surface area contributed by atoms with Crippen molar-refractivity contribution in [3.05, 3.63) is 63.6 Å². The minimum Gasteiger partial charge on any atom is -0.492 e. The van der Waals surface area contributed by atoms with Crippen molar-refractivity contribution in [1.29, 1.82) is 0 Å². The molecule has 0 radical (unpaired) electrons. The van der Waals surface area contributed by atoms with Crippen molar-refractivity contribution in [1.82, 2.24) is 10.6 Å². The fraction of sp³-hybridized carbons (Fsp3) is 0.263. The van der Waals surface area contributed by atoms with Crippen LogP contribution in [0.2, 0.25) is 10.0 Å². The van der Waals surface area contributed by atoms with Crippen LogP contribution in [-0.2, 0) is 4.79 Å². The van der Waals surface area contributed by atoms with E-state index in [9.17, 15) is 9.59 Å². The van der Waals surface area contributed by atoms with E-state index in [1.165, 1.54) is 0 Å². The van der Waals surface area contributed by atoms with Crippen molar-refractivity contribution >= 4 is 35.0 Å². The lowest BCUT2D eigenvalue weighted by Gasteiger charge is -2.15. The van der Waals surface area contributed by atoms with E-state index < -0.39 is 11.9 Å². The molecule has 5 nitrogen and oxygen atoms in total. The predicted octanol–water partition coefficient (Wildman–Crippen LogP) is 3.62. The van der Waals surface area contributed by atoms with Crippen LogP contribution in [0.3, 0.4) is 0 Å². The van der Waals surface area contributed by atoms with Gasteiger partial charge in [0.05, 0.1) is 22.2 Å². The highest BCUT2D eigenvalue weighted by atomic mass is 35.5. The summed E-state index contributed by atoms with van der Waals surface area (Å²) in [6.07, 6.45) is 0. The molecule has 7 heteroatoms. The number of benzene rings is 2. The number of rotatable bonds is 7. The molecule has 2 aromatic carbocycles. The lowest BCUT2D eigenvalue weighted by Crippen LogP contribution is -2.45. The fourth-order valence-corrected chi connectivity index (χ4v) is 2.61. The molecule has 0 fully saturated rings. The Kier molecular flexibility index (Phi) is 7.30. The summed E-state index contributed by atoms with van der Waals surface area (Å²) < 4.78 is 5.56. The van der Waals surface area contributed by atoms with E-state index in [0.29, 0.717) is 13.2 Å². The van der Waals surface area contributed by atoms with Gasteiger partial charge in [-0.15, -0.1) is 0 Å². The third-order valence-corrected chi connectivity index (χ3v) is 4.42. The molecule has 0 heterocycles. The molecule has 2 N–H and O–H groups in total. The number of ether oxygens (including phenoxy) is 1. The molecule has 1 atom stereocenters. The number of amides is 2. The minimum atomic E-state index is -0.725. The minimum absolute atomic E-state index is 0.158. The Morgan fingerprint density at radius 3 is 2.62 bits per heavy atom. The Hall–Kier alpha value is -2.24. The molecule has 0 saturated carbocycles. The maximum absolute atomic E-state index is 12.2. The van der Waals surface area contributed by atoms with Crippen molar-refractivity contribution in [2.24, 2.45) is 0 Å². The molecular formula is C19H20Cl2N2O3. The first-order valence-corrected chi connectivity index (χ1v) is 8.86. The van der Waals surface area contributed by atoms with Crippen LogP contribution in [0.15, 0.2) is 42.5 Å². The maximum atomic E-state index is 12.2. The van der Waals surface area contributed by atoms with E-state index >= 15 is 0 Å². The molecule has 2 rings (SSSR count). The molecule has 0 aliphatic heterocycles. The van der Waals surface area contributed by atoms with E-state index in [4.69, 9.17) is 27.9 Å². The van der Waals surface area contributed by atoms with E-state index in [2.05, 4.69) is 10.6 Å². The van der Waals surface area contributed by atoms with Gasteiger partial charge in [-0.2, -0.15) is 0 Å². The molecule has 138 valence electrons. The van der Waals surface area contributed by atoms with Gasteiger partial charge in [0.25, 0.3) is 5.91 Å². The zero-order chi connectivity index (χ0) is 19.1. The molecule has 0 aliphatic carbocycles. The Morgan fingerprint density at radius 2 is 1.88 bits per heavy atom. The largest absolute Gasteiger partial charge is 0.492 e. The number of aryl methyl sites for hydroxylation is 1. The van der Waals surface area contributed by atoms with Crippen molar-refractivity contribution in [2.75, 3.05) is 13.2 Å². The SMILES string of the molecule is Cc1cccc(OCCNC(=O)C(C)NC(=O)c2cccc(Cl)c2Cl)c1. The van der Waals surface area contributed by atoms with Gasteiger partial charge >= 0.3 is 0 Å². The van der Waals surface area contributed by atoms with E-state index in [1.54, 1.807) is 25.1 Å². The van der Waals surface area contributed by atoms with E-state index in [-0.39, 0.29) is 21.5 Å². The first-order chi connectivity index (χ1) is 12.4. The lowest BCUT2D eigenvalue weighted by molar-refractivity contribution is -0.122. The summed E-state index contributed by atoms with van der Waals surface area (Å²) in [7, 11) is 0. The zero-order valence-corrected chi connectivity index (χ0v) is 16.0. The third-order valence-electron chi connectivity index (χ3n) is 3.60. The normalized spacial score (nSPS) is 11.5. The molecule has 2 aromatic rings. The number of hydrogen-bond donors (Lipinski definition) is 2. The summed E-state index contributed by atoms with van der Waals surface area (Å²) in [6.45, 7) is 4.22. The molecule has 2 amide bonds. The molecule has 0 saturated heterocycles. The average molecular weight is 395 g/mol. The monoisotopic (exact) mass is 394 g/mol. The van der Waals surface area contributed by atoms with Gasteiger partial charge in [-0.3, -0.25) is 9.59 Å². The number of hydrogen-bond acceptors (Lipinski definition) is 3.